The fraction of sp³-hybridized carbons (Fsp3) is 0. The molecule has 4 nitrogen and oxygen atoms in total. The predicted molar refractivity (Wildman–Crippen MR) is 199 cm³/mol. The summed E-state index contributed by atoms with van der Waals surface area (Å²) in [5.41, 5.74) is 8.77. The Balaban J connectivity index is 1.40. The van der Waals surface area contributed by atoms with Gasteiger partial charge in [-0.15, -0.1) is 0 Å². The van der Waals surface area contributed by atoms with E-state index >= 15 is 0 Å². The van der Waals surface area contributed by atoms with Gasteiger partial charge in [-0.3, -0.25) is 4.57 Å². The highest BCUT2D eigenvalue weighted by atomic mass is 15.1. The average Bonchev–Trinajstić information content (AvgIpc) is 3.67. The number of para-hydroxylation sites is 2. The molecule has 0 unspecified atom stereocenters. The highest BCUT2D eigenvalue weighted by molar-refractivity contribution is 6.25. The first-order chi connectivity index (χ1) is 23.8. The zero-order chi connectivity index (χ0) is 31.6. The van der Waals surface area contributed by atoms with Crippen molar-refractivity contribution in [3.05, 3.63) is 170 Å². The lowest BCUT2D eigenvalue weighted by atomic mass is 10.0. The third-order valence-corrected chi connectivity index (χ3v) is 9.56. The van der Waals surface area contributed by atoms with E-state index in [1.54, 1.807) is 0 Å². The van der Waals surface area contributed by atoms with E-state index in [1.165, 1.54) is 43.4 Å². The van der Waals surface area contributed by atoms with Crippen LogP contribution in [-0.4, -0.2) is 19.1 Å². The van der Waals surface area contributed by atoms with Crippen molar-refractivity contribution >= 4 is 54.4 Å². The molecule has 3 heterocycles. The molecule has 0 saturated carbocycles. The summed E-state index contributed by atoms with van der Waals surface area (Å²) in [6.45, 7) is 0. The molecule has 0 saturated heterocycles. The molecule has 48 heavy (non-hydrogen) atoms. The van der Waals surface area contributed by atoms with Crippen molar-refractivity contribution in [2.24, 2.45) is 0 Å². The van der Waals surface area contributed by atoms with Gasteiger partial charge in [-0.05, 0) is 52.7 Å². The average molecular weight is 613 g/mol. The Morgan fingerprint density at radius 2 is 1.04 bits per heavy atom. The molecule has 0 aliphatic rings. The molecule has 4 heteroatoms. The summed E-state index contributed by atoms with van der Waals surface area (Å²) in [4.78, 5) is 10.3. The zero-order valence-electron chi connectivity index (χ0n) is 26.0. The Morgan fingerprint density at radius 1 is 0.417 bits per heavy atom. The van der Waals surface area contributed by atoms with Gasteiger partial charge in [0.15, 0.2) is 5.82 Å². The van der Waals surface area contributed by atoms with E-state index in [9.17, 15) is 0 Å². The maximum absolute atomic E-state index is 5.38. The minimum atomic E-state index is 0.697. The fourth-order valence-corrected chi connectivity index (χ4v) is 7.42. The van der Waals surface area contributed by atoms with Crippen LogP contribution in [0.2, 0.25) is 0 Å². The third-order valence-electron chi connectivity index (χ3n) is 9.56. The molecule has 3 aromatic heterocycles. The van der Waals surface area contributed by atoms with Crippen molar-refractivity contribution < 1.29 is 0 Å². The quantitative estimate of drug-likeness (QED) is 0.198. The molecule has 0 radical (unpaired) electrons. The first-order valence-electron chi connectivity index (χ1n) is 16.3. The molecule has 0 aliphatic carbocycles. The summed E-state index contributed by atoms with van der Waals surface area (Å²) < 4.78 is 4.76. The standard InChI is InChI=1S/C44H28N4/c1-4-14-29(15-5-1)37-28-45-43(31-17-6-2-7-18-31)46-44(37)48-39-25-24-30-16-10-11-21-33(30)42(39)36-27-40-35(26-41(36)48)34-22-12-13-23-38(34)47(40)32-19-8-3-9-20-32/h1-28H. The summed E-state index contributed by atoms with van der Waals surface area (Å²) in [6, 6.07) is 58.0. The van der Waals surface area contributed by atoms with Crippen LogP contribution < -0.4 is 0 Å². The molecule has 0 N–H and O–H groups in total. The van der Waals surface area contributed by atoms with Gasteiger partial charge in [-0.1, -0.05) is 127 Å². The first-order valence-corrected chi connectivity index (χ1v) is 16.3. The number of hydrogen-bond acceptors (Lipinski definition) is 2. The van der Waals surface area contributed by atoms with Crippen LogP contribution in [0.4, 0.5) is 0 Å². The summed E-state index contributed by atoms with van der Waals surface area (Å²) in [5.74, 6) is 1.55. The molecule has 0 atom stereocenters. The van der Waals surface area contributed by atoms with Crippen LogP contribution in [-0.2, 0) is 0 Å². The molecule has 224 valence electrons. The monoisotopic (exact) mass is 612 g/mol. The Bertz CT molecular complexity index is 2810. The largest absolute Gasteiger partial charge is 0.309 e. The lowest BCUT2D eigenvalue weighted by Gasteiger charge is -2.14. The Hall–Kier alpha value is -6.52. The molecule has 10 aromatic rings. The Morgan fingerprint density at radius 3 is 1.83 bits per heavy atom. The van der Waals surface area contributed by atoms with Gasteiger partial charge in [0.25, 0.3) is 0 Å². The SMILES string of the molecule is c1ccc(-c2ncc(-c3ccccc3)c(-n3c4cc5c6ccccc6n(-c6ccccc6)c5cc4c4c5ccccc5ccc43)n2)cc1. The van der Waals surface area contributed by atoms with Crippen molar-refractivity contribution in [3.8, 4) is 34.0 Å². The Kier molecular flexibility index (Phi) is 5.84. The zero-order valence-corrected chi connectivity index (χ0v) is 26.0. The summed E-state index contributed by atoms with van der Waals surface area (Å²) in [5, 5.41) is 7.26. The van der Waals surface area contributed by atoms with Crippen molar-refractivity contribution in [2.75, 3.05) is 0 Å². The van der Waals surface area contributed by atoms with Crippen LogP contribution in [0.15, 0.2) is 170 Å². The first kappa shape index (κ1) is 26.7. The number of fused-ring (bicyclic) bond motifs is 8. The second-order valence-electron chi connectivity index (χ2n) is 12.3. The van der Waals surface area contributed by atoms with E-state index in [1.807, 2.05) is 30.5 Å². The maximum Gasteiger partial charge on any atom is 0.161 e. The van der Waals surface area contributed by atoms with Gasteiger partial charge in [-0.2, -0.15) is 0 Å². The molecule has 0 bridgehead atoms. The second kappa shape index (κ2) is 10.5. The van der Waals surface area contributed by atoms with Crippen molar-refractivity contribution in [3.63, 3.8) is 0 Å². The van der Waals surface area contributed by atoms with Crippen LogP contribution in [0.1, 0.15) is 0 Å². The smallest absolute Gasteiger partial charge is 0.161 e. The lowest BCUT2D eigenvalue weighted by Crippen LogP contribution is -2.04. The van der Waals surface area contributed by atoms with Gasteiger partial charge in [0, 0.05) is 44.6 Å². The molecular formula is C44H28N4. The van der Waals surface area contributed by atoms with Gasteiger partial charge in [0.2, 0.25) is 0 Å². The van der Waals surface area contributed by atoms with E-state index in [-0.39, 0.29) is 0 Å². The van der Waals surface area contributed by atoms with Gasteiger partial charge in [-0.25, -0.2) is 9.97 Å². The maximum atomic E-state index is 5.38. The summed E-state index contributed by atoms with van der Waals surface area (Å²) in [7, 11) is 0. The van der Waals surface area contributed by atoms with E-state index in [2.05, 4.69) is 149 Å². The number of benzene rings is 7. The number of rotatable bonds is 4. The van der Waals surface area contributed by atoms with Crippen LogP contribution in [0, 0.1) is 0 Å². The van der Waals surface area contributed by atoms with Crippen LogP contribution in [0.3, 0.4) is 0 Å². The lowest BCUT2D eigenvalue weighted by molar-refractivity contribution is 1.05. The predicted octanol–water partition coefficient (Wildman–Crippen LogP) is 11.2. The van der Waals surface area contributed by atoms with Gasteiger partial charge in [0.1, 0.15) is 5.82 Å². The van der Waals surface area contributed by atoms with Crippen LogP contribution >= 0.6 is 0 Å². The van der Waals surface area contributed by atoms with Crippen LogP contribution in [0.5, 0.6) is 0 Å². The number of hydrogen-bond donors (Lipinski definition) is 0. The molecule has 0 aliphatic heterocycles. The Labute approximate surface area is 276 Å². The molecule has 0 amide bonds. The summed E-state index contributed by atoms with van der Waals surface area (Å²) in [6.07, 6.45) is 1.98. The van der Waals surface area contributed by atoms with Crippen molar-refractivity contribution in [1.29, 1.82) is 0 Å². The molecule has 0 fully saturated rings. The molecule has 10 rings (SSSR count). The number of aromatic nitrogens is 4. The summed E-state index contributed by atoms with van der Waals surface area (Å²) >= 11 is 0. The fourth-order valence-electron chi connectivity index (χ4n) is 7.42. The van der Waals surface area contributed by atoms with Crippen LogP contribution in [0.25, 0.3) is 88.4 Å². The van der Waals surface area contributed by atoms with Crippen molar-refractivity contribution in [1.82, 2.24) is 19.1 Å². The van der Waals surface area contributed by atoms with E-state index in [0.29, 0.717) is 5.82 Å². The highest BCUT2D eigenvalue weighted by Crippen LogP contribution is 2.43. The topological polar surface area (TPSA) is 35.6 Å². The normalized spacial score (nSPS) is 11.8. The number of nitrogens with zero attached hydrogens (tertiary/aromatic N) is 4. The van der Waals surface area contributed by atoms with Gasteiger partial charge in [0.05, 0.1) is 22.1 Å². The minimum Gasteiger partial charge on any atom is -0.309 e. The van der Waals surface area contributed by atoms with Gasteiger partial charge < -0.3 is 4.57 Å². The van der Waals surface area contributed by atoms with Gasteiger partial charge >= 0.3 is 0 Å². The molecular weight excluding hydrogens is 585 g/mol. The van der Waals surface area contributed by atoms with E-state index in [0.717, 1.165) is 39.2 Å². The van der Waals surface area contributed by atoms with Crippen molar-refractivity contribution in [2.45, 2.75) is 0 Å². The molecule has 0 spiro atoms. The van der Waals surface area contributed by atoms with E-state index in [4.69, 9.17) is 9.97 Å². The van der Waals surface area contributed by atoms with E-state index < -0.39 is 0 Å². The second-order valence-corrected chi connectivity index (χ2v) is 12.3. The minimum absolute atomic E-state index is 0.697. The highest BCUT2D eigenvalue weighted by Gasteiger charge is 2.22. The third kappa shape index (κ3) is 3.96. The molecule has 7 aromatic carbocycles.